The third-order valence-corrected chi connectivity index (χ3v) is 2.56. The number of nitro groups is 1. The van der Waals surface area contributed by atoms with E-state index < -0.39 is 17.4 Å². The Hall–Kier alpha value is -2.14. The molecular formula is C10H8BrN3O4. The van der Waals surface area contributed by atoms with Crippen molar-refractivity contribution in [2.75, 3.05) is 18.0 Å². The van der Waals surface area contributed by atoms with Gasteiger partial charge in [0.15, 0.2) is 0 Å². The molecule has 1 heterocycles. The first-order valence-corrected chi connectivity index (χ1v) is 5.44. The lowest BCUT2D eigenvalue weighted by atomic mass is 10.3. The maximum atomic E-state index is 10.9. The molecule has 0 spiro atoms. The van der Waals surface area contributed by atoms with Crippen LogP contribution in [-0.4, -0.2) is 34.1 Å². The average Bonchev–Trinajstić information content (AvgIpc) is 2.27. The molecule has 0 aromatic carbocycles. The Morgan fingerprint density at radius 1 is 1.67 bits per heavy atom. The Labute approximate surface area is 111 Å². The molecule has 7 nitrogen and oxygen atoms in total. The van der Waals surface area contributed by atoms with E-state index in [0.29, 0.717) is 4.47 Å². The van der Waals surface area contributed by atoms with Gasteiger partial charge in [0, 0.05) is 6.20 Å². The second-order valence-electron chi connectivity index (χ2n) is 3.20. The van der Waals surface area contributed by atoms with Gasteiger partial charge in [-0.25, -0.2) is 0 Å². The highest BCUT2D eigenvalue weighted by Crippen LogP contribution is 2.34. The molecule has 0 unspecified atom stereocenters. The summed E-state index contributed by atoms with van der Waals surface area (Å²) in [5.74, 6) is 1.13. The summed E-state index contributed by atoms with van der Waals surface area (Å²) in [6.07, 6.45) is 7.52. The molecule has 0 fully saturated rings. The van der Waals surface area contributed by atoms with Gasteiger partial charge in [0.25, 0.3) is 0 Å². The number of carboxylic acids is 1. The van der Waals surface area contributed by atoms with E-state index in [2.05, 4.69) is 26.8 Å². The molecule has 0 aliphatic rings. The molecule has 1 rings (SSSR count). The number of rotatable bonds is 5. The first-order chi connectivity index (χ1) is 8.47. The Morgan fingerprint density at radius 3 is 2.83 bits per heavy atom. The summed E-state index contributed by atoms with van der Waals surface area (Å²) in [6.45, 7) is -0.497. The maximum Gasteiger partial charge on any atom is 0.323 e. The molecule has 8 heteroatoms. The summed E-state index contributed by atoms with van der Waals surface area (Å²) in [6, 6.07) is 0. The van der Waals surface area contributed by atoms with Crippen LogP contribution in [0, 0.1) is 22.5 Å². The van der Waals surface area contributed by atoms with Gasteiger partial charge in [-0.3, -0.25) is 19.9 Å². The average molecular weight is 314 g/mol. The van der Waals surface area contributed by atoms with Crippen LogP contribution in [0.4, 0.5) is 11.4 Å². The lowest BCUT2D eigenvalue weighted by molar-refractivity contribution is -0.384. The zero-order chi connectivity index (χ0) is 13.7. The highest BCUT2D eigenvalue weighted by atomic mass is 79.9. The van der Waals surface area contributed by atoms with E-state index >= 15 is 0 Å². The number of terminal acetylenes is 1. The number of pyridine rings is 1. The number of carboxylic acid groups (broad SMARTS) is 1. The van der Waals surface area contributed by atoms with Crippen molar-refractivity contribution >= 4 is 33.3 Å². The molecule has 0 bridgehead atoms. The summed E-state index contributed by atoms with van der Waals surface area (Å²) in [5, 5.41) is 19.7. The van der Waals surface area contributed by atoms with Crippen molar-refractivity contribution in [1.82, 2.24) is 4.98 Å². The van der Waals surface area contributed by atoms with E-state index in [1.54, 1.807) is 0 Å². The molecule has 0 amide bonds. The lowest BCUT2D eigenvalue weighted by Crippen LogP contribution is -2.31. The number of nitrogens with zero attached hydrogens (tertiary/aromatic N) is 3. The van der Waals surface area contributed by atoms with Crippen LogP contribution < -0.4 is 4.90 Å². The van der Waals surface area contributed by atoms with Gasteiger partial charge in [0.05, 0.1) is 15.9 Å². The van der Waals surface area contributed by atoms with E-state index in [0.717, 1.165) is 6.20 Å². The zero-order valence-corrected chi connectivity index (χ0v) is 10.6. The topological polar surface area (TPSA) is 96.6 Å². The van der Waals surface area contributed by atoms with Crippen molar-refractivity contribution in [3.63, 3.8) is 0 Å². The minimum atomic E-state index is -1.14. The van der Waals surface area contributed by atoms with Crippen LogP contribution in [0.5, 0.6) is 0 Å². The van der Waals surface area contributed by atoms with Gasteiger partial charge in [-0.2, -0.15) is 0 Å². The van der Waals surface area contributed by atoms with Gasteiger partial charge in [-0.15, -0.1) is 6.42 Å². The highest BCUT2D eigenvalue weighted by Gasteiger charge is 2.24. The SMILES string of the molecule is C#CCN(CC(=O)O)c1c(Br)cncc1[N+](=O)[O-]. The molecule has 0 saturated heterocycles. The molecule has 94 valence electrons. The second kappa shape index (κ2) is 5.97. The predicted octanol–water partition coefficient (Wildman–Crippen LogP) is 1.28. The number of aromatic nitrogens is 1. The Bertz CT molecular complexity index is 526. The van der Waals surface area contributed by atoms with Crippen LogP contribution in [0.1, 0.15) is 0 Å². The Balaban J connectivity index is 3.30. The number of anilines is 1. The molecular weight excluding hydrogens is 306 g/mol. The van der Waals surface area contributed by atoms with Crippen molar-refractivity contribution in [3.8, 4) is 12.3 Å². The van der Waals surface area contributed by atoms with Crippen molar-refractivity contribution in [2.24, 2.45) is 0 Å². The summed E-state index contributed by atoms with van der Waals surface area (Å²) >= 11 is 3.11. The Kier molecular flexibility index (Phi) is 4.62. The third-order valence-electron chi connectivity index (χ3n) is 1.97. The number of aliphatic carboxylic acids is 1. The minimum absolute atomic E-state index is 0.0598. The van der Waals surface area contributed by atoms with Crippen LogP contribution >= 0.6 is 15.9 Å². The molecule has 1 aromatic heterocycles. The third kappa shape index (κ3) is 3.18. The van der Waals surface area contributed by atoms with E-state index in [-0.39, 0.29) is 17.9 Å². The number of halogens is 1. The van der Waals surface area contributed by atoms with Gasteiger partial charge >= 0.3 is 11.7 Å². The number of hydrogen-bond donors (Lipinski definition) is 1. The maximum absolute atomic E-state index is 10.9. The summed E-state index contributed by atoms with van der Waals surface area (Å²) < 4.78 is 0.313. The molecule has 1 aromatic rings. The minimum Gasteiger partial charge on any atom is -0.480 e. The summed E-state index contributed by atoms with van der Waals surface area (Å²) in [7, 11) is 0. The second-order valence-corrected chi connectivity index (χ2v) is 4.05. The summed E-state index contributed by atoms with van der Waals surface area (Å²) in [5.41, 5.74) is -0.198. The van der Waals surface area contributed by atoms with E-state index in [4.69, 9.17) is 11.5 Å². The van der Waals surface area contributed by atoms with Crippen molar-refractivity contribution in [3.05, 3.63) is 27.0 Å². The standard InChI is InChI=1S/C10H8BrN3O4/c1-2-3-13(6-9(15)16)10-7(11)4-12-5-8(10)14(17)18/h1,4-5H,3,6H2,(H,15,16). The molecule has 18 heavy (non-hydrogen) atoms. The quantitative estimate of drug-likeness (QED) is 0.499. The molecule has 0 saturated carbocycles. The smallest absolute Gasteiger partial charge is 0.323 e. The van der Waals surface area contributed by atoms with E-state index in [1.807, 2.05) is 0 Å². The lowest BCUT2D eigenvalue weighted by Gasteiger charge is -2.20. The highest BCUT2D eigenvalue weighted by molar-refractivity contribution is 9.10. The van der Waals surface area contributed by atoms with Crippen molar-refractivity contribution in [2.45, 2.75) is 0 Å². The Morgan fingerprint density at radius 2 is 2.33 bits per heavy atom. The van der Waals surface area contributed by atoms with E-state index in [9.17, 15) is 14.9 Å². The summed E-state index contributed by atoms with van der Waals surface area (Å²) in [4.78, 5) is 25.9. The van der Waals surface area contributed by atoms with Crippen LogP contribution in [0.2, 0.25) is 0 Å². The van der Waals surface area contributed by atoms with Gasteiger partial charge in [0.2, 0.25) is 0 Å². The number of carbonyl (C=O) groups is 1. The van der Waals surface area contributed by atoms with E-state index in [1.165, 1.54) is 11.1 Å². The molecule has 0 aliphatic heterocycles. The molecule has 0 atom stereocenters. The van der Waals surface area contributed by atoms with Gasteiger partial charge in [0.1, 0.15) is 18.4 Å². The fourth-order valence-corrected chi connectivity index (χ4v) is 1.92. The van der Waals surface area contributed by atoms with Crippen LogP contribution in [0.15, 0.2) is 16.9 Å². The normalized spacial score (nSPS) is 9.56. The van der Waals surface area contributed by atoms with Gasteiger partial charge in [-0.05, 0) is 15.9 Å². The van der Waals surface area contributed by atoms with Crippen molar-refractivity contribution in [1.29, 1.82) is 0 Å². The monoisotopic (exact) mass is 313 g/mol. The number of hydrogen-bond acceptors (Lipinski definition) is 5. The van der Waals surface area contributed by atoms with Crippen LogP contribution in [0.3, 0.4) is 0 Å². The molecule has 0 aliphatic carbocycles. The van der Waals surface area contributed by atoms with Gasteiger partial charge in [-0.1, -0.05) is 5.92 Å². The van der Waals surface area contributed by atoms with Crippen LogP contribution in [0.25, 0.3) is 0 Å². The van der Waals surface area contributed by atoms with Crippen LogP contribution in [-0.2, 0) is 4.79 Å². The molecule has 1 N–H and O–H groups in total. The largest absolute Gasteiger partial charge is 0.480 e. The fraction of sp³-hybridized carbons (Fsp3) is 0.200. The first-order valence-electron chi connectivity index (χ1n) is 4.65. The first kappa shape index (κ1) is 13.9. The van der Waals surface area contributed by atoms with Gasteiger partial charge < -0.3 is 10.0 Å². The predicted molar refractivity (Wildman–Crippen MR) is 67.3 cm³/mol. The zero-order valence-electron chi connectivity index (χ0n) is 9.04. The molecule has 0 radical (unpaired) electrons. The fourth-order valence-electron chi connectivity index (χ4n) is 1.35. The van der Waals surface area contributed by atoms with Crippen molar-refractivity contribution < 1.29 is 14.8 Å².